The number of carbonyl (C=O) groups excluding carboxylic acids is 1. The third kappa shape index (κ3) is 10.0. The van der Waals surface area contributed by atoms with Crippen molar-refractivity contribution in [2.24, 2.45) is 0 Å². The Hall–Kier alpha value is -3.60. The molecular formula is C37H50N3O2+. The molecule has 0 aliphatic heterocycles. The summed E-state index contributed by atoms with van der Waals surface area (Å²) in [6, 6.07) is 22.6. The maximum atomic E-state index is 12.6. The summed E-state index contributed by atoms with van der Waals surface area (Å²) in [5.41, 5.74) is 4.30. The van der Waals surface area contributed by atoms with Crippen LogP contribution in [-0.4, -0.2) is 17.5 Å². The minimum atomic E-state index is 0.0245. The molecule has 2 heterocycles. The number of unbranched alkanes of at least 4 members (excludes halogenated alkanes) is 11. The molecule has 0 spiro atoms. The van der Waals surface area contributed by atoms with Crippen molar-refractivity contribution in [3.63, 3.8) is 0 Å². The normalized spacial score (nSPS) is 11.2. The lowest BCUT2D eigenvalue weighted by atomic mass is 10.1. The smallest absolute Gasteiger partial charge is 0.263 e. The molecule has 42 heavy (non-hydrogen) atoms. The van der Waals surface area contributed by atoms with E-state index in [4.69, 9.17) is 4.74 Å². The van der Waals surface area contributed by atoms with E-state index in [9.17, 15) is 4.79 Å². The number of benzene rings is 2. The number of nitrogens with zero attached hydrogens (tertiary/aromatic N) is 2. The summed E-state index contributed by atoms with van der Waals surface area (Å²) in [6.07, 6.45) is 21.0. The van der Waals surface area contributed by atoms with Crippen molar-refractivity contribution in [2.45, 2.75) is 104 Å². The summed E-state index contributed by atoms with van der Waals surface area (Å²) < 4.78 is 8.24. The molecule has 5 heteroatoms. The number of carbonyl (C=O) groups is 1. The fourth-order valence-corrected chi connectivity index (χ4v) is 5.60. The lowest BCUT2D eigenvalue weighted by Crippen LogP contribution is -2.27. The molecule has 1 N–H and O–H groups in total. The largest absolute Gasteiger partial charge is 0.494 e. The zero-order chi connectivity index (χ0) is 29.4. The van der Waals surface area contributed by atoms with Crippen LogP contribution in [0.25, 0.3) is 5.52 Å². The van der Waals surface area contributed by atoms with E-state index in [2.05, 4.69) is 52.8 Å². The number of hydrogen-bond donors (Lipinski definition) is 1. The van der Waals surface area contributed by atoms with Gasteiger partial charge in [-0.15, -0.1) is 0 Å². The van der Waals surface area contributed by atoms with Crippen LogP contribution in [0.3, 0.4) is 0 Å². The summed E-state index contributed by atoms with van der Waals surface area (Å²) in [4.78, 5) is 17.8. The molecule has 224 valence electrons. The molecular weight excluding hydrogens is 518 g/mol. The van der Waals surface area contributed by atoms with Crippen LogP contribution in [0.15, 0.2) is 79.1 Å². The topological polar surface area (TPSA) is 49.4 Å². The second-order valence-corrected chi connectivity index (χ2v) is 11.6. The zero-order valence-corrected chi connectivity index (χ0v) is 25.8. The van der Waals surface area contributed by atoms with Crippen molar-refractivity contribution in [2.75, 3.05) is 11.5 Å². The standard InChI is InChI=1S/C37H49N3O2/c1-3-4-5-6-7-8-9-10-11-12-13-16-26-42-36-20-17-18-33(27-36)30-40(31(2)41)34-23-21-32(22-24-34)28-37-38-29-35-19-14-15-25-39(35)37/h14-15,17-25,27,29H,3-13,16,26,28,30H2,1-2H3/p+1. The van der Waals surface area contributed by atoms with Crippen LogP contribution in [0.5, 0.6) is 5.75 Å². The predicted octanol–water partition coefficient (Wildman–Crippen LogP) is 8.98. The number of fused-ring (bicyclic) bond motifs is 1. The molecule has 0 bridgehead atoms. The monoisotopic (exact) mass is 568 g/mol. The minimum absolute atomic E-state index is 0.0245. The number of rotatable bonds is 19. The van der Waals surface area contributed by atoms with E-state index in [0.29, 0.717) is 6.54 Å². The SMILES string of the molecule is CCCCCCCCCCCCCCOc1cccc(CN(C(C)=O)c2ccc(Cc3[nH]cc4cccc[n+]34)cc2)c1. The third-order valence-corrected chi connectivity index (χ3v) is 8.07. The average Bonchev–Trinajstić information content (AvgIpc) is 3.41. The maximum Gasteiger partial charge on any atom is 0.263 e. The molecule has 1 amide bonds. The molecule has 0 saturated heterocycles. The second kappa shape index (κ2) is 17.4. The number of hydrogen-bond acceptors (Lipinski definition) is 2. The van der Waals surface area contributed by atoms with Gasteiger partial charge in [0.25, 0.3) is 5.82 Å². The van der Waals surface area contributed by atoms with Crippen LogP contribution in [0.4, 0.5) is 5.69 Å². The first-order valence-electron chi connectivity index (χ1n) is 16.2. The van der Waals surface area contributed by atoms with Gasteiger partial charge in [-0.05, 0) is 53.9 Å². The highest BCUT2D eigenvalue weighted by Gasteiger charge is 2.15. The average molecular weight is 569 g/mol. The number of imidazole rings is 1. The van der Waals surface area contributed by atoms with Gasteiger partial charge in [0.1, 0.15) is 11.9 Å². The fraction of sp³-hybridized carbons (Fsp3) is 0.459. The number of H-pyrrole nitrogens is 1. The Balaban J connectivity index is 1.19. The molecule has 0 radical (unpaired) electrons. The number of aromatic nitrogens is 2. The van der Waals surface area contributed by atoms with Crippen LogP contribution in [0.1, 0.15) is 108 Å². The number of nitrogens with one attached hydrogen (secondary N) is 1. The van der Waals surface area contributed by atoms with Gasteiger partial charge in [0.2, 0.25) is 5.91 Å². The molecule has 0 aliphatic rings. The molecule has 0 fully saturated rings. The van der Waals surface area contributed by atoms with Crippen LogP contribution < -0.4 is 14.0 Å². The summed E-state index contributed by atoms with van der Waals surface area (Å²) in [7, 11) is 0. The second-order valence-electron chi connectivity index (χ2n) is 11.6. The van der Waals surface area contributed by atoms with E-state index in [0.717, 1.165) is 47.8 Å². The zero-order valence-electron chi connectivity index (χ0n) is 25.8. The maximum absolute atomic E-state index is 12.6. The Labute approximate surface area is 252 Å². The molecule has 0 saturated carbocycles. The van der Waals surface area contributed by atoms with Crippen LogP contribution in [-0.2, 0) is 17.8 Å². The van der Waals surface area contributed by atoms with Crippen molar-refractivity contribution >= 4 is 17.1 Å². The summed E-state index contributed by atoms with van der Waals surface area (Å²) in [6.45, 7) is 5.17. The lowest BCUT2D eigenvalue weighted by molar-refractivity contribution is -0.520. The summed E-state index contributed by atoms with van der Waals surface area (Å²) in [5, 5.41) is 0. The van der Waals surface area contributed by atoms with E-state index in [1.165, 1.54) is 76.2 Å². The van der Waals surface area contributed by atoms with Crippen molar-refractivity contribution in [1.29, 1.82) is 0 Å². The highest BCUT2D eigenvalue weighted by atomic mass is 16.5. The number of pyridine rings is 1. The van der Waals surface area contributed by atoms with E-state index < -0.39 is 0 Å². The lowest BCUT2D eigenvalue weighted by Gasteiger charge is -2.22. The molecule has 4 aromatic rings. The number of ether oxygens (including phenoxy) is 1. The quantitative estimate of drug-likeness (QED) is 0.0906. The number of amides is 1. The van der Waals surface area contributed by atoms with Gasteiger partial charge in [0.15, 0.2) is 5.52 Å². The van der Waals surface area contributed by atoms with Gasteiger partial charge in [-0.1, -0.05) is 108 Å². The van der Waals surface area contributed by atoms with Gasteiger partial charge in [0.05, 0.1) is 25.8 Å². The highest BCUT2D eigenvalue weighted by Crippen LogP contribution is 2.22. The van der Waals surface area contributed by atoms with Gasteiger partial charge < -0.3 is 9.64 Å². The van der Waals surface area contributed by atoms with E-state index in [1.807, 2.05) is 47.5 Å². The van der Waals surface area contributed by atoms with E-state index in [-0.39, 0.29) is 5.91 Å². The molecule has 4 rings (SSSR count). The number of anilines is 1. The molecule has 2 aromatic carbocycles. The molecule has 0 atom stereocenters. The summed E-state index contributed by atoms with van der Waals surface area (Å²) >= 11 is 0. The van der Waals surface area contributed by atoms with Gasteiger partial charge in [0, 0.05) is 12.6 Å². The first kappa shape index (κ1) is 31.3. The molecule has 0 unspecified atom stereocenters. The highest BCUT2D eigenvalue weighted by molar-refractivity contribution is 5.91. The molecule has 2 aromatic heterocycles. The molecule has 0 aliphatic carbocycles. The Morgan fingerprint density at radius 2 is 1.48 bits per heavy atom. The first-order valence-corrected chi connectivity index (χ1v) is 16.2. The predicted molar refractivity (Wildman–Crippen MR) is 173 cm³/mol. The number of aromatic amines is 1. The fourth-order valence-electron chi connectivity index (χ4n) is 5.60. The van der Waals surface area contributed by atoms with Crippen molar-refractivity contribution in [1.82, 2.24) is 4.98 Å². The third-order valence-electron chi connectivity index (χ3n) is 8.07. The van der Waals surface area contributed by atoms with Crippen molar-refractivity contribution < 1.29 is 13.9 Å². The first-order chi connectivity index (χ1) is 20.6. The van der Waals surface area contributed by atoms with Crippen molar-refractivity contribution in [3.8, 4) is 5.75 Å². The van der Waals surface area contributed by atoms with E-state index >= 15 is 0 Å². The minimum Gasteiger partial charge on any atom is -0.494 e. The van der Waals surface area contributed by atoms with Gasteiger partial charge in [-0.25, -0.2) is 4.98 Å². The van der Waals surface area contributed by atoms with E-state index in [1.54, 1.807) is 6.92 Å². The Bertz CT molecular complexity index is 1340. The summed E-state index contributed by atoms with van der Waals surface area (Å²) in [5.74, 6) is 2.03. The Kier molecular flexibility index (Phi) is 13.0. The Morgan fingerprint density at radius 3 is 2.17 bits per heavy atom. The Morgan fingerprint density at radius 1 is 0.786 bits per heavy atom. The van der Waals surface area contributed by atoms with Crippen molar-refractivity contribution in [3.05, 3.63) is 96.1 Å². The van der Waals surface area contributed by atoms with Gasteiger partial charge >= 0.3 is 0 Å². The van der Waals surface area contributed by atoms with Gasteiger partial charge in [-0.3, -0.25) is 4.79 Å². The van der Waals surface area contributed by atoms with Crippen LogP contribution in [0.2, 0.25) is 0 Å². The van der Waals surface area contributed by atoms with Gasteiger partial charge in [-0.2, -0.15) is 4.40 Å². The van der Waals surface area contributed by atoms with Crippen LogP contribution >= 0.6 is 0 Å². The molecule has 5 nitrogen and oxygen atoms in total. The van der Waals surface area contributed by atoms with Crippen LogP contribution in [0, 0.1) is 0 Å².